The third-order valence-corrected chi connectivity index (χ3v) is 4.20. The van der Waals surface area contributed by atoms with Gasteiger partial charge in [-0.05, 0) is 50.1 Å². The van der Waals surface area contributed by atoms with Crippen LogP contribution in [-0.4, -0.2) is 36.1 Å². The minimum atomic E-state index is -0.216. The highest BCUT2D eigenvalue weighted by atomic mass is 79.9. The Hall–Kier alpha value is -1.99. The van der Waals surface area contributed by atoms with Crippen molar-refractivity contribution in [3.05, 3.63) is 45.7 Å². The standard InChI is InChI=1S/C17H21BrN4O2/c1-11-9-13(5-6-14(11)18)21-17-20-12(2)10-15(22-17)16(23)19-7-4-8-24-3/h5-6,9-10H,4,7-8H2,1-3H3,(H,19,23)(H,20,21,22). The largest absolute Gasteiger partial charge is 0.385 e. The monoisotopic (exact) mass is 392 g/mol. The van der Waals surface area contributed by atoms with Crippen LogP contribution < -0.4 is 10.6 Å². The molecule has 0 saturated carbocycles. The summed E-state index contributed by atoms with van der Waals surface area (Å²) in [7, 11) is 1.64. The van der Waals surface area contributed by atoms with Crippen LogP contribution in [0.4, 0.5) is 11.6 Å². The molecule has 2 N–H and O–H groups in total. The molecule has 0 fully saturated rings. The molecule has 1 aromatic carbocycles. The van der Waals surface area contributed by atoms with Gasteiger partial charge in [-0.15, -0.1) is 0 Å². The molecule has 24 heavy (non-hydrogen) atoms. The highest BCUT2D eigenvalue weighted by Gasteiger charge is 2.10. The predicted molar refractivity (Wildman–Crippen MR) is 97.8 cm³/mol. The predicted octanol–water partition coefficient (Wildman–Crippen LogP) is 3.37. The van der Waals surface area contributed by atoms with Crippen molar-refractivity contribution in [2.45, 2.75) is 20.3 Å². The zero-order valence-electron chi connectivity index (χ0n) is 14.0. The van der Waals surface area contributed by atoms with Gasteiger partial charge in [0.25, 0.3) is 5.91 Å². The zero-order chi connectivity index (χ0) is 17.5. The first-order valence-corrected chi connectivity index (χ1v) is 8.45. The first kappa shape index (κ1) is 18.4. The van der Waals surface area contributed by atoms with Gasteiger partial charge in [0.1, 0.15) is 5.69 Å². The molecule has 0 bridgehead atoms. The molecule has 7 heteroatoms. The van der Waals surface area contributed by atoms with Gasteiger partial charge in [-0.3, -0.25) is 4.79 Å². The Morgan fingerprint density at radius 1 is 1.25 bits per heavy atom. The molecule has 0 aliphatic rings. The van der Waals surface area contributed by atoms with Crippen molar-refractivity contribution in [3.63, 3.8) is 0 Å². The summed E-state index contributed by atoms with van der Waals surface area (Å²) in [6.07, 6.45) is 0.760. The number of nitrogens with one attached hydrogen (secondary N) is 2. The quantitative estimate of drug-likeness (QED) is 0.706. The van der Waals surface area contributed by atoms with Crippen molar-refractivity contribution in [2.75, 3.05) is 25.6 Å². The molecule has 0 aliphatic carbocycles. The first-order chi connectivity index (χ1) is 11.5. The Balaban J connectivity index is 2.10. The summed E-state index contributed by atoms with van der Waals surface area (Å²) in [5.74, 6) is 0.186. The fraction of sp³-hybridized carbons (Fsp3) is 0.353. The second-order valence-electron chi connectivity index (χ2n) is 5.41. The number of hydrogen-bond acceptors (Lipinski definition) is 5. The molecule has 0 radical (unpaired) electrons. The van der Waals surface area contributed by atoms with Crippen molar-refractivity contribution in [1.82, 2.24) is 15.3 Å². The number of carbonyl (C=O) groups excluding carboxylic acids is 1. The lowest BCUT2D eigenvalue weighted by Gasteiger charge is -2.10. The van der Waals surface area contributed by atoms with Crippen LogP contribution in [0.25, 0.3) is 0 Å². The van der Waals surface area contributed by atoms with E-state index >= 15 is 0 Å². The van der Waals surface area contributed by atoms with Gasteiger partial charge in [-0.1, -0.05) is 15.9 Å². The number of anilines is 2. The number of halogens is 1. The summed E-state index contributed by atoms with van der Waals surface area (Å²) in [5.41, 5.74) is 3.04. The van der Waals surface area contributed by atoms with Gasteiger partial charge in [0, 0.05) is 36.1 Å². The van der Waals surface area contributed by atoms with Crippen LogP contribution in [0.1, 0.15) is 28.2 Å². The van der Waals surface area contributed by atoms with Crippen LogP contribution in [-0.2, 0) is 4.74 Å². The van der Waals surface area contributed by atoms with Gasteiger partial charge in [-0.25, -0.2) is 9.97 Å². The molecule has 6 nitrogen and oxygen atoms in total. The molecule has 0 spiro atoms. The maximum Gasteiger partial charge on any atom is 0.270 e. The third kappa shape index (κ3) is 5.28. The van der Waals surface area contributed by atoms with Gasteiger partial charge >= 0.3 is 0 Å². The third-order valence-electron chi connectivity index (χ3n) is 3.31. The van der Waals surface area contributed by atoms with Crippen LogP contribution in [0.5, 0.6) is 0 Å². The lowest BCUT2D eigenvalue weighted by molar-refractivity contribution is 0.0943. The number of carbonyl (C=O) groups is 1. The minimum absolute atomic E-state index is 0.216. The summed E-state index contributed by atoms with van der Waals surface area (Å²) in [6, 6.07) is 7.54. The van der Waals surface area contributed by atoms with Crippen molar-refractivity contribution < 1.29 is 9.53 Å². The maximum atomic E-state index is 12.2. The molecule has 1 aromatic heterocycles. The summed E-state index contributed by atoms with van der Waals surface area (Å²) >= 11 is 3.47. The number of amides is 1. The molecule has 2 aromatic rings. The van der Waals surface area contributed by atoms with Crippen LogP contribution in [0.15, 0.2) is 28.7 Å². The second kappa shape index (κ2) is 8.75. The zero-order valence-corrected chi connectivity index (χ0v) is 15.6. The highest BCUT2D eigenvalue weighted by molar-refractivity contribution is 9.10. The number of aryl methyl sites for hydroxylation is 2. The number of hydrogen-bond donors (Lipinski definition) is 2. The van der Waals surface area contributed by atoms with Crippen LogP contribution >= 0.6 is 15.9 Å². The molecule has 0 aliphatic heterocycles. The Kier molecular flexibility index (Phi) is 6.69. The lowest BCUT2D eigenvalue weighted by atomic mass is 10.2. The van der Waals surface area contributed by atoms with E-state index < -0.39 is 0 Å². The SMILES string of the molecule is COCCCNC(=O)c1cc(C)nc(Nc2ccc(Br)c(C)c2)n1. The van der Waals surface area contributed by atoms with E-state index in [0.717, 1.165) is 27.8 Å². The van der Waals surface area contributed by atoms with E-state index in [-0.39, 0.29) is 5.91 Å². The van der Waals surface area contributed by atoms with Crippen molar-refractivity contribution in [2.24, 2.45) is 0 Å². The molecular formula is C17H21BrN4O2. The van der Waals surface area contributed by atoms with Crippen LogP contribution in [0.2, 0.25) is 0 Å². The summed E-state index contributed by atoms with van der Waals surface area (Å²) in [5, 5.41) is 5.97. The van der Waals surface area contributed by atoms with Gasteiger partial charge in [-0.2, -0.15) is 0 Å². The number of rotatable bonds is 7. The summed E-state index contributed by atoms with van der Waals surface area (Å²) in [6.45, 7) is 5.00. The Bertz CT molecular complexity index is 722. The van der Waals surface area contributed by atoms with Crippen LogP contribution in [0, 0.1) is 13.8 Å². The number of nitrogens with zero attached hydrogens (tertiary/aromatic N) is 2. The smallest absolute Gasteiger partial charge is 0.270 e. The maximum absolute atomic E-state index is 12.2. The van der Waals surface area contributed by atoms with E-state index in [2.05, 4.69) is 36.5 Å². The Morgan fingerprint density at radius 3 is 2.75 bits per heavy atom. The van der Waals surface area contributed by atoms with Gasteiger partial charge < -0.3 is 15.4 Å². The number of ether oxygens (including phenoxy) is 1. The average Bonchev–Trinajstić information content (AvgIpc) is 2.54. The number of benzene rings is 1. The molecule has 0 unspecified atom stereocenters. The lowest BCUT2D eigenvalue weighted by Crippen LogP contribution is -2.26. The Morgan fingerprint density at radius 2 is 2.04 bits per heavy atom. The van der Waals surface area contributed by atoms with E-state index in [9.17, 15) is 4.79 Å². The molecular weight excluding hydrogens is 372 g/mol. The van der Waals surface area contributed by atoms with Gasteiger partial charge in [0.05, 0.1) is 0 Å². The summed E-state index contributed by atoms with van der Waals surface area (Å²) < 4.78 is 6.00. The van der Waals surface area contributed by atoms with E-state index in [4.69, 9.17) is 4.74 Å². The molecule has 2 rings (SSSR count). The van der Waals surface area contributed by atoms with E-state index in [1.807, 2.05) is 32.0 Å². The topological polar surface area (TPSA) is 76.1 Å². The normalized spacial score (nSPS) is 10.5. The molecule has 128 valence electrons. The molecule has 1 amide bonds. The summed E-state index contributed by atoms with van der Waals surface area (Å²) in [4.78, 5) is 20.8. The first-order valence-electron chi connectivity index (χ1n) is 7.65. The van der Waals surface area contributed by atoms with Crippen molar-refractivity contribution in [1.29, 1.82) is 0 Å². The van der Waals surface area contributed by atoms with Crippen molar-refractivity contribution in [3.8, 4) is 0 Å². The highest BCUT2D eigenvalue weighted by Crippen LogP contribution is 2.22. The molecule has 1 heterocycles. The second-order valence-corrected chi connectivity index (χ2v) is 6.26. The van der Waals surface area contributed by atoms with E-state index in [0.29, 0.717) is 24.8 Å². The minimum Gasteiger partial charge on any atom is -0.385 e. The molecule has 0 saturated heterocycles. The Labute approximate surface area is 150 Å². The average molecular weight is 393 g/mol. The van der Waals surface area contributed by atoms with E-state index in [1.165, 1.54) is 0 Å². The van der Waals surface area contributed by atoms with Crippen LogP contribution in [0.3, 0.4) is 0 Å². The molecule has 0 atom stereocenters. The van der Waals surface area contributed by atoms with Gasteiger partial charge in [0.15, 0.2) is 0 Å². The fourth-order valence-corrected chi connectivity index (χ4v) is 2.35. The fourth-order valence-electron chi connectivity index (χ4n) is 2.10. The number of aromatic nitrogens is 2. The van der Waals surface area contributed by atoms with Crippen molar-refractivity contribution >= 4 is 33.5 Å². The van der Waals surface area contributed by atoms with Gasteiger partial charge in [0.2, 0.25) is 5.95 Å². The number of methoxy groups -OCH3 is 1. The van der Waals surface area contributed by atoms with E-state index in [1.54, 1.807) is 13.2 Å².